The quantitative estimate of drug-likeness (QED) is 0.598. The van der Waals surface area contributed by atoms with E-state index in [1.807, 2.05) is 31.2 Å². The van der Waals surface area contributed by atoms with E-state index < -0.39 is 18.2 Å². The van der Waals surface area contributed by atoms with Crippen molar-refractivity contribution < 1.29 is 22.7 Å². The topological polar surface area (TPSA) is 51.2 Å². The van der Waals surface area contributed by atoms with Crippen LogP contribution < -0.4 is 10.1 Å². The summed E-state index contributed by atoms with van der Waals surface area (Å²) in [7, 11) is 0. The molecule has 29 heavy (non-hydrogen) atoms. The number of carbonyl (C=O) groups excluding carboxylic acids is 1. The highest BCUT2D eigenvalue weighted by Crippen LogP contribution is 2.32. The van der Waals surface area contributed by atoms with E-state index >= 15 is 0 Å². The van der Waals surface area contributed by atoms with Crippen molar-refractivity contribution in [1.29, 1.82) is 0 Å². The number of nitrogens with zero attached hydrogens (tertiary/aromatic N) is 1. The fraction of sp³-hybridized carbons (Fsp3) is 0.182. The first-order valence-corrected chi connectivity index (χ1v) is 8.91. The number of hydrogen-bond acceptors (Lipinski definition) is 3. The molecule has 1 N–H and O–H groups in total. The molecular formula is C22H19F3N2O2. The van der Waals surface area contributed by atoms with Gasteiger partial charge in [-0.15, -0.1) is 13.2 Å². The van der Waals surface area contributed by atoms with Crippen molar-refractivity contribution >= 4 is 11.6 Å². The molecule has 4 nitrogen and oxygen atoms in total. The van der Waals surface area contributed by atoms with Crippen LogP contribution in [-0.2, 0) is 4.79 Å². The van der Waals surface area contributed by atoms with Crippen LogP contribution in [0.2, 0.25) is 0 Å². The smallest absolute Gasteiger partial charge is 0.405 e. The van der Waals surface area contributed by atoms with E-state index in [1.54, 1.807) is 24.4 Å². The van der Waals surface area contributed by atoms with Crippen molar-refractivity contribution in [2.75, 3.05) is 5.32 Å². The zero-order valence-corrected chi connectivity index (χ0v) is 15.8. The number of aryl methyl sites for hydroxylation is 1. The Morgan fingerprint density at radius 3 is 2.38 bits per heavy atom. The standard InChI is InChI=1S/C22H19F3N2O2/c1-14-13-17(11-12-26-14)16-7-9-18(10-8-16)27-21(28)15(2)19-5-3-4-6-20(19)29-22(23,24)25/h3-13,15H,1-2H3,(H,27,28). The SMILES string of the molecule is Cc1cc(-c2ccc(NC(=O)C(C)c3ccccc3OC(F)(F)F)cc2)ccn1. The molecule has 0 aliphatic rings. The Morgan fingerprint density at radius 2 is 1.72 bits per heavy atom. The van der Waals surface area contributed by atoms with Crippen LogP contribution >= 0.6 is 0 Å². The van der Waals surface area contributed by atoms with Gasteiger partial charge in [0.25, 0.3) is 0 Å². The van der Waals surface area contributed by atoms with E-state index in [2.05, 4.69) is 15.0 Å². The molecule has 1 amide bonds. The Bertz CT molecular complexity index is 1000. The second kappa shape index (κ2) is 8.34. The van der Waals surface area contributed by atoms with E-state index in [9.17, 15) is 18.0 Å². The van der Waals surface area contributed by atoms with Gasteiger partial charge in [0.2, 0.25) is 5.91 Å². The third-order valence-electron chi connectivity index (χ3n) is 4.39. The van der Waals surface area contributed by atoms with Crippen LogP contribution in [0, 0.1) is 6.92 Å². The summed E-state index contributed by atoms with van der Waals surface area (Å²) in [4.78, 5) is 16.7. The van der Waals surface area contributed by atoms with Crippen molar-refractivity contribution in [3.8, 4) is 16.9 Å². The minimum Gasteiger partial charge on any atom is -0.405 e. The zero-order valence-electron chi connectivity index (χ0n) is 15.8. The predicted octanol–water partition coefficient (Wildman–Crippen LogP) is 5.70. The molecule has 150 valence electrons. The zero-order chi connectivity index (χ0) is 21.0. The second-order valence-electron chi connectivity index (χ2n) is 6.56. The van der Waals surface area contributed by atoms with Gasteiger partial charge in [0.15, 0.2) is 0 Å². The highest BCUT2D eigenvalue weighted by molar-refractivity contribution is 5.96. The molecule has 3 aromatic rings. The summed E-state index contributed by atoms with van der Waals surface area (Å²) in [5, 5.41) is 2.73. The van der Waals surface area contributed by atoms with E-state index in [0.29, 0.717) is 5.69 Å². The molecule has 7 heteroatoms. The van der Waals surface area contributed by atoms with Crippen molar-refractivity contribution in [2.45, 2.75) is 26.1 Å². The van der Waals surface area contributed by atoms with E-state index in [4.69, 9.17) is 0 Å². The molecule has 3 rings (SSSR count). The molecule has 0 saturated carbocycles. The van der Waals surface area contributed by atoms with Crippen molar-refractivity contribution in [2.24, 2.45) is 0 Å². The molecular weight excluding hydrogens is 381 g/mol. The number of ether oxygens (including phenoxy) is 1. The molecule has 2 aromatic carbocycles. The first-order chi connectivity index (χ1) is 13.7. The van der Waals surface area contributed by atoms with Crippen molar-refractivity contribution in [3.05, 3.63) is 78.1 Å². The van der Waals surface area contributed by atoms with Crippen LogP contribution in [-0.4, -0.2) is 17.3 Å². The monoisotopic (exact) mass is 400 g/mol. The largest absolute Gasteiger partial charge is 0.573 e. The maximum Gasteiger partial charge on any atom is 0.573 e. The Hall–Kier alpha value is -3.35. The molecule has 0 saturated heterocycles. The van der Waals surface area contributed by atoms with Gasteiger partial charge in [-0.1, -0.05) is 30.3 Å². The number of nitrogens with one attached hydrogen (secondary N) is 1. The summed E-state index contributed by atoms with van der Waals surface area (Å²) in [5.41, 5.74) is 3.57. The van der Waals surface area contributed by atoms with Gasteiger partial charge in [-0.3, -0.25) is 9.78 Å². The second-order valence-corrected chi connectivity index (χ2v) is 6.56. The number of aromatic nitrogens is 1. The first-order valence-electron chi connectivity index (χ1n) is 8.91. The molecule has 1 unspecified atom stereocenters. The maximum absolute atomic E-state index is 12.6. The lowest BCUT2D eigenvalue weighted by Gasteiger charge is -2.18. The van der Waals surface area contributed by atoms with Crippen molar-refractivity contribution in [1.82, 2.24) is 4.98 Å². The highest BCUT2D eigenvalue weighted by atomic mass is 19.4. The van der Waals surface area contributed by atoms with Gasteiger partial charge in [-0.05, 0) is 55.3 Å². The van der Waals surface area contributed by atoms with Crippen LogP contribution in [0.25, 0.3) is 11.1 Å². The normalized spacial score (nSPS) is 12.3. The summed E-state index contributed by atoms with van der Waals surface area (Å²) in [5.74, 6) is -1.65. The van der Waals surface area contributed by atoms with Gasteiger partial charge < -0.3 is 10.1 Å². The van der Waals surface area contributed by atoms with Gasteiger partial charge in [0, 0.05) is 23.1 Å². The first kappa shape index (κ1) is 20.4. The fourth-order valence-electron chi connectivity index (χ4n) is 2.92. The minimum absolute atomic E-state index is 0.159. The number of amides is 1. The number of halogens is 3. The molecule has 0 bridgehead atoms. The number of rotatable bonds is 5. The summed E-state index contributed by atoms with van der Waals surface area (Å²) >= 11 is 0. The van der Waals surface area contributed by atoms with Crippen LogP contribution in [0.1, 0.15) is 24.1 Å². The number of carbonyl (C=O) groups is 1. The molecule has 0 radical (unpaired) electrons. The van der Waals surface area contributed by atoms with Crippen LogP contribution in [0.15, 0.2) is 66.9 Å². The lowest BCUT2D eigenvalue weighted by atomic mass is 9.99. The van der Waals surface area contributed by atoms with Gasteiger partial charge >= 0.3 is 6.36 Å². The Morgan fingerprint density at radius 1 is 1.03 bits per heavy atom. The van der Waals surface area contributed by atoms with Gasteiger partial charge in [-0.25, -0.2) is 0 Å². The number of hydrogen-bond donors (Lipinski definition) is 1. The minimum atomic E-state index is -4.83. The Kier molecular flexibility index (Phi) is 5.87. The fourth-order valence-corrected chi connectivity index (χ4v) is 2.92. The molecule has 1 heterocycles. The summed E-state index contributed by atoms with van der Waals surface area (Å²) in [6, 6.07) is 16.7. The third kappa shape index (κ3) is 5.34. The van der Waals surface area contributed by atoms with Gasteiger partial charge in [0.1, 0.15) is 5.75 Å². The maximum atomic E-state index is 12.6. The van der Waals surface area contributed by atoms with Crippen LogP contribution in [0.5, 0.6) is 5.75 Å². The summed E-state index contributed by atoms with van der Waals surface area (Å²) < 4.78 is 41.9. The number of pyridine rings is 1. The summed E-state index contributed by atoms with van der Waals surface area (Å²) in [6.07, 6.45) is -3.10. The molecule has 1 atom stereocenters. The molecule has 1 aromatic heterocycles. The predicted molar refractivity (Wildman–Crippen MR) is 105 cm³/mol. The molecule has 0 spiro atoms. The van der Waals surface area contributed by atoms with E-state index in [1.165, 1.54) is 25.1 Å². The van der Waals surface area contributed by atoms with Gasteiger partial charge in [-0.2, -0.15) is 0 Å². The highest BCUT2D eigenvalue weighted by Gasteiger charge is 2.33. The molecule has 0 aliphatic heterocycles. The van der Waals surface area contributed by atoms with E-state index in [0.717, 1.165) is 16.8 Å². The molecule has 0 aliphatic carbocycles. The Labute approximate surface area is 166 Å². The number of alkyl halides is 3. The lowest BCUT2D eigenvalue weighted by molar-refractivity contribution is -0.275. The average Bonchev–Trinajstić information content (AvgIpc) is 2.67. The number of anilines is 1. The third-order valence-corrected chi connectivity index (χ3v) is 4.39. The van der Waals surface area contributed by atoms with Crippen molar-refractivity contribution in [3.63, 3.8) is 0 Å². The number of benzene rings is 2. The number of para-hydroxylation sites is 1. The van der Waals surface area contributed by atoms with Crippen LogP contribution in [0.4, 0.5) is 18.9 Å². The van der Waals surface area contributed by atoms with Gasteiger partial charge in [0.05, 0.1) is 5.92 Å². The average molecular weight is 400 g/mol. The van der Waals surface area contributed by atoms with E-state index in [-0.39, 0.29) is 11.3 Å². The molecule has 0 fully saturated rings. The Balaban J connectivity index is 1.74. The van der Waals surface area contributed by atoms with Crippen LogP contribution in [0.3, 0.4) is 0 Å². The summed E-state index contributed by atoms with van der Waals surface area (Å²) in [6.45, 7) is 3.43. The lowest BCUT2D eigenvalue weighted by Crippen LogP contribution is -2.22.